The van der Waals surface area contributed by atoms with Crippen molar-refractivity contribution in [2.75, 3.05) is 0 Å². The van der Waals surface area contributed by atoms with E-state index in [4.69, 9.17) is 5.84 Å². The Morgan fingerprint density at radius 2 is 2.22 bits per heavy atom. The van der Waals surface area contributed by atoms with Crippen molar-refractivity contribution in [3.05, 3.63) is 51.8 Å². The molecule has 0 spiro atoms. The normalized spacial score (nSPS) is 12.7. The predicted octanol–water partition coefficient (Wildman–Crippen LogP) is 2.53. The number of rotatable bonds is 4. The van der Waals surface area contributed by atoms with Crippen LogP contribution in [0, 0.1) is 6.92 Å². The molecule has 2 aromatic rings. The van der Waals surface area contributed by atoms with Crippen molar-refractivity contribution in [2.45, 2.75) is 26.4 Å². The Morgan fingerprint density at radius 3 is 2.78 bits per heavy atom. The van der Waals surface area contributed by atoms with Gasteiger partial charge >= 0.3 is 0 Å². The summed E-state index contributed by atoms with van der Waals surface area (Å²) in [5, 5.41) is 4.28. The van der Waals surface area contributed by atoms with E-state index >= 15 is 0 Å². The first kappa shape index (κ1) is 13.3. The van der Waals surface area contributed by atoms with Crippen LogP contribution in [-0.2, 0) is 6.54 Å². The van der Waals surface area contributed by atoms with Gasteiger partial charge in [0.1, 0.15) is 0 Å². The van der Waals surface area contributed by atoms with Crippen molar-refractivity contribution in [3.8, 4) is 0 Å². The van der Waals surface area contributed by atoms with E-state index in [9.17, 15) is 0 Å². The highest BCUT2D eigenvalue weighted by Gasteiger charge is 2.15. The van der Waals surface area contributed by atoms with Gasteiger partial charge in [-0.3, -0.25) is 10.5 Å². The van der Waals surface area contributed by atoms with Gasteiger partial charge in [-0.05, 0) is 31.0 Å². The smallest absolute Gasteiger partial charge is 0.0741 e. The first-order chi connectivity index (χ1) is 8.65. The van der Waals surface area contributed by atoms with Crippen LogP contribution < -0.4 is 11.3 Å². The number of hydrogen-bond donors (Lipinski definition) is 2. The van der Waals surface area contributed by atoms with E-state index in [2.05, 4.69) is 58.5 Å². The van der Waals surface area contributed by atoms with E-state index in [0.717, 1.165) is 22.1 Å². The van der Waals surface area contributed by atoms with Crippen molar-refractivity contribution >= 4 is 15.9 Å². The Labute approximate surface area is 115 Å². The lowest BCUT2D eigenvalue weighted by Gasteiger charge is -2.15. The van der Waals surface area contributed by atoms with Crippen molar-refractivity contribution in [1.82, 2.24) is 15.2 Å². The minimum absolute atomic E-state index is 0.0396. The van der Waals surface area contributed by atoms with Crippen LogP contribution in [0.5, 0.6) is 0 Å². The quantitative estimate of drug-likeness (QED) is 0.674. The first-order valence-electron chi connectivity index (χ1n) is 5.90. The van der Waals surface area contributed by atoms with E-state index < -0.39 is 0 Å². The molecule has 0 bridgehead atoms. The molecule has 2 rings (SSSR count). The Bertz CT molecular complexity index is 536. The summed E-state index contributed by atoms with van der Waals surface area (Å²) in [5.41, 5.74) is 6.23. The number of nitrogens with two attached hydrogens (primary N) is 1. The molecule has 0 saturated heterocycles. The Morgan fingerprint density at radius 1 is 1.44 bits per heavy atom. The molecule has 1 heterocycles. The second-order valence-corrected chi connectivity index (χ2v) is 5.09. The zero-order valence-electron chi connectivity index (χ0n) is 10.5. The maximum Gasteiger partial charge on any atom is 0.0741 e. The molecule has 0 fully saturated rings. The topological polar surface area (TPSA) is 55.9 Å². The van der Waals surface area contributed by atoms with Crippen LogP contribution in [0.4, 0.5) is 0 Å². The first-order valence-corrected chi connectivity index (χ1v) is 6.69. The summed E-state index contributed by atoms with van der Waals surface area (Å²) in [5.74, 6) is 5.67. The van der Waals surface area contributed by atoms with Crippen LogP contribution in [0.15, 0.2) is 35.1 Å². The van der Waals surface area contributed by atoms with Crippen LogP contribution in [0.25, 0.3) is 0 Å². The fourth-order valence-electron chi connectivity index (χ4n) is 1.88. The molecule has 0 radical (unpaired) electrons. The maximum absolute atomic E-state index is 5.67. The van der Waals surface area contributed by atoms with Gasteiger partial charge in [0.25, 0.3) is 0 Å². The van der Waals surface area contributed by atoms with Gasteiger partial charge in [-0.1, -0.05) is 28.1 Å². The molecule has 1 aromatic heterocycles. The van der Waals surface area contributed by atoms with Crippen LogP contribution in [0.1, 0.15) is 29.7 Å². The molecule has 18 heavy (non-hydrogen) atoms. The molecule has 0 amide bonds. The highest BCUT2D eigenvalue weighted by Crippen LogP contribution is 2.25. The number of nitrogens with one attached hydrogen (secondary N) is 1. The highest BCUT2D eigenvalue weighted by atomic mass is 79.9. The average Bonchev–Trinajstić information content (AvgIpc) is 2.83. The molecule has 5 heteroatoms. The third-order valence-corrected chi connectivity index (χ3v) is 3.86. The van der Waals surface area contributed by atoms with Crippen LogP contribution in [0.2, 0.25) is 0 Å². The van der Waals surface area contributed by atoms with Gasteiger partial charge in [-0.25, -0.2) is 5.43 Å². The Hall–Kier alpha value is -1.17. The van der Waals surface area contributed by atoms with Crippen molar-refractivity contribution in [2.24, 2.45) is 5.84 Å². The third-order valence-electron chi connectivity index (χ3n) is 3.01. The summed E-state index contributed by atoms with van der Waals surface area (Å²) >= 11 is 3.55. The van der Waals surface area contributed by atoms with Gasteiger partial charge in [-0.2, -0.15) is 5.10 Å². The molecule has 1 unspecified atom stereocenters. The lowest BCUT2D eigenvalue weighted by molar-refractivity contribution is 0.630. The van der Waals surface area contributed by atoms with E-state index in [1.165, 1.54) is 5.56 Å². The molecular formula is C13H17BrN4. The monoisotopic (exact) mass is 308 g/mol. The Kier molecular flexibility index (Phi) is 4.16. The molecule has 0 aliphatic carbocycles. The van der Waals surface area contributed by atoms with Crippen molar-refractivity contribution in [3.63, 3.8) is 0 Å². The second-order valence-electron chi connectivity index (χ2n) is 4.24. The van der Waals surface area contributed by atoms with Crippen LogP contribution in [0.3, 0.4) is 0 Å². The lowest BCUT2D eigenvalue weighted by Crippen LogP contribution is -2.28. The van der Waals surface area contributed by atoms with Crippen LogP contribution >= 0.6 is 15.9 Å². The summed E-state index contributed by atoms with van der Waals surface area (Å²) in [6, 6.07) is 6.20. The van der Waals surface area contributed by atoms with E-state index in [1.807, 2.05) is 17.1 Å². The van der Waals surface area contributed by atoms with Gasteiger partial charge in [0.2, 0.25) is 0 Å². The fraction of sp³-hybridized carbons (Fsp3) is 0.308. The highest BCUT2D eigenvalue weighted by molar-refractivity contribution is 9.10. The molecule has 0 aliphatic rings. The molecular weight excluding hydrogens is 292 g/mol. The second kappa shape index (κ2) is 5.65. The van der Waals surface area contributed by atoms with Crippen LogP contribution in [-0.4, -0.2) is 9.78 Å². The summed E-state index contributed by atoms with van der Waals surface area (Å²) in [7, 11) is 0. The minimum atomic E-state index is -0.0396. The molecule has 1 aromatic carbocycles. The van der Waals surface area contributed by atoms with Gasteiger partial charge in [0.15, 0.2) is 0 Å². The van der Waals surface area contributed by atoms with E-state index in [0.29, 0.717) is 0 Å². The zero-order valence-corrected chi connectivity index (χ0v) is 12.1. The number of aryl methyl sites for hydroxylation is 2. The molecule has 96 valence electrons. The minimum Gasteiger partial charge on any atom is -0.273 e. The van der Waals surface area contributed by atoms with Gasteiger partial charge in [-0.15, -0.1) is 0 Å². The molecule has 1 atom stereocenters. The predicted molar refractivity (Wildman–Crippen MR) is 75.9 cm³/mol. The SMILES string of the molecule is CCn1cc(C(NN)c2ccc(C)c(Br)c2)cn1. The number of benzene rings is 1. The fourth-order valence-corrected chi connectivity index (χ4v) is 2.27. The van der Waals surface area contributed by atoms with Crippen molar-refractivity contribution in [1.29, 1.82) is 0 Å². The lowest BCUT2D eigenvalue weighted by atomic mass is 10.0. The summed E-state index contributed by atoms with van der Waals surface area (Å²) in [4.78, 5) is 0. The number of hydrogen-bond acceptors (Lipinski definition) is 3. The third kappa shape index (κ3) is 2.63. The Balaban J connectivity index is 2.35. The standard InChI is InChI=1S/C13H17BrN4/c1-3-18-8-11(7-16-18)13(17-15)10-5-4-9(2)12(14)6-10/h4-8,13,17H,3,15H2,1-2H3. The summed E-state index contributed by atoms with van der Waals surface area (Å²) in [6.45, 7) is 4.98. The van der Waals surface area contributed by atoms with Gasteiger partial charge in [0.05, 0.1) is 12.2 Å². The largest absolute Gasteiger partial charge is 0.273 e. The number of aromatic nitrogens is 2. The molecule has 4 nitrogen and oxygen atoms in total. The maximum atomic E-state index is 5.67. The van der Waals surface area contributed by atoms with Gasteiger partial charge < -0.3 is 0 Å². The van der Waals surface area contributed by atoms with E-state index in [1.54, 1.807) is 0 Å². The molecule has 0 saturated carbocycles. The van der Waals surface area contributed by atoms with E-state index in [-0.39, 0.29) is 6.04 Å². The number of halogens is 1. The average molecular weight is 309 g/mol. The molecule has 3 N–H and O–H groups in total. The van der Waals surface area contributed by atoms with Gasteiger partial charge in [0, 0.05) is 22.8 Å². The van der Waals surface area contributed by atoms with Crippen molar-refractivity contribution < 1.29 is 0 Å². The number of hydrazine groups is 1. The summed E-state index contributed by atoms with van der Waals surface area (Å²) < 4.78 is 2.98. The molecule has 0 aliphatic heterocycles. The zero-order chi connectivity index (χ0) is 13.1. The summed E-state index contributed by atoms with van der Waals surface area (Å²) in [6.07, 6.45) is 3.86. The number of nitrogens with zero attached hydrogens (tertiary/aromatic N) is 2.